The third-order valence-corrected chi connectivity index (χ3v) is 7.01. The van der Waals surface area contributed by atoms with Gasteiger partial charge < -0.3 is 19.2 Å². The Labute approximate surface area is 184 Å². The molecule has 0 aliphatic carbocycles. The van der Waals surface area contributed by atoms with Crippen LogP contribution in [-0.2, 0) is 7.05 Å². The van der Waals surface area contributed by atoms with Crippen LogP contribution in [0.3, 0.4) is 0 Å². The molecule has 0 N–H and O–H groups in total. The molecule has 0 spiro atoms. The van der Waals surface area contributed by atoms with Crippen molar-refractivity contribution in [1.29, 1.82) is 0 Å². The molecule has 4 aromatic heterocycles. The molecule has 2 atom stereocenters. The van der Waals surface area contributed by atoms with Gasteiger partial charge in [-0.25, -0.2) is 0 Å². The summed E-state index contributed by atoms with van der Waals surface area (Å²) >= 11 is 1.72. The number of hydrogen-bond acceptors (Lipinski definition) is 6. The minimum atomic E-state index is -0.0739. The summed E-state index contributed by atoms with van der Waals surface area (Å²) in [6.07, 6.45) is 1.84. The van der Waals surface area contributed by atoms with Crippen molar-refractivity contribution in [3.8, 4) is 0 Å². The number of nitrogens with zero attached hydrogens (tertiary/aromatic N) is 6. The molecule has 0 aromatic carbocycles. The summed E-state index contributed by atoms with van der Waals surface area (Å²) in [5.41, 5.74) is 4.38. The van der Waals surface area contributed by atoms with Crippen LogP contribution in [0, 0.1) is 6.57 Å². The Morgan fingerprint density at radius 1 is 1.10 bits per heavy atom. The van der Waals surface area contributed by atoms with Crippen LogP contribution in [0.1, 0.15) is 13.8 Å². The summed E-state index contributed by atoms with van der Waals surface area (Å²) < 4.78 is 2.78. The number of pyridine rings is 3. The Hall–Kier alpha value is -3.44. The average molecular weight is 431 g/mol. The lowest BCUT2D eigenvalue weighted by Gasteiger charge is -2.46. The van der Waals surface area contributed by atoms with Crippen LogP contribution >= 0.6 is 11.3 Å². The predicted octanol–water partition coefficient (Wildman–Crippen LogP) is 4.20. The molecule has 8 heteroatoms. The quantitative estimate of drug-likeness (QED) is 0.446. The zero-order valence-corrected chi connectivity index (χ0v) is 18.4. The molecular formula is C23H22N6OS. The van der Waals surface area contributed by atoms with Gasteiger partial charge in [0, 0.05) is 49.9 Å². The normalized spacial score (nSPS) is 19.2. The molecule has 1 aliphatic heterocycles. The van der Waals surface area contributed by atoms with Crippen LogP contribution in [-0.4, -0.2) is 39.7 Å². The topological polar surface area (TPSA) is 58.6 Å². The molecule has 4 aromatic rings. The predicted molar refractivity (Wildman–Crippen MR) is 126 cm³/mol. The average Bonchev–Trinajstić information content (AvgIpc) is 3.21. The zero-order chi connectivity index (χ0) is 21.7. The second-order valence-corrected chi connectivity index (χ2v) is 8.96. The summed E-state index contributed by atoms with van der Waals surface area (Å²) in [4.78, 5) is 30.0. The van der Waals surface area contributed by atoms with Gasteiger partial charge in [0.2, 0.25) is 5.52 Å². The minimum absolute atomic E-state index is 0.0739. The molecule has 0 radical (unpaired) electrons. The Balaban J connectivity index is 1.56. The van der Waals surface area contributed by atoms with E-state index in [1.165, 1.54) is 10.4 Å². The van der Waals surface area contributed by atoms with Crippen molar-refractivity contribution < 1.29 is 0 Å². The number of piperazine rings is 1. The first-order valence-electron chi connectivity index (χ1n) is 10.2. The highest BCUT2D eigenvalue weighted by Gasteiger charge is 2.33. The Kier molecular flexibility index (Phi) is 4.63. The molecular weight excluding hydrogens is 408 g/mol. The number of aryl methyl sites for hydroxylation is 1. The van der Waals surface area contributed by atoms with E-state index in [1.54, 1.807) is 35.1 Å². The van der Waals surface area contributed by atoms with E-state index in [0.717, 1.165) is 29.8 Å². The second kappa shape index (κ2) is 7.36. The maximum Gasteiger partial charge on any atom is 0.270 e. The number of fused-ring (bicyclic) bond motifs is 2. The summed E-state index contributed by atoms with van der Waals surface area (Å²) in [5.74, 6) is 0.336. The van der Waals surface area contributed by atoms with Crippen molar-refractivity contribution in [2.45, 2.75) is 25.9 Å². The molecule has 1 fully saturated rings. The van der Waals surface area contributed by atoms with Crippen LogP contribution in [0.5, 0.6) is 0 Å². The minimum Gasteiger partial charge on any atom is -0.363 e. The van der Waals surface area contributed by atoms with E-state index < -0.39 is 0 Å². The van der Waals surface area contributed by atoms with E-state index in [-0.39, 0.29) is 17.6 Å². The van der Waals surface area contributed by atoms with Crippen molar-refractivity contribution in [1.82, 2.24) is 14.5 Å². The highest BCUT2D eigenvalue weighted by atomic mass is 32.1. The third kappa shape index (κ3) is 3.13. The van der Waals surface area contributed by atoms with Gasteiger partial charge in [-0.1, -0.05) is 6.57 Å². The van der Waals surface area contributed by atoms with Crippen LogP contribution in [0.25, 0.3) is 26.1 Å². The van der Waals surface area contributed by atoms with Gasteiger partial charge in [0.25, 0.3) is 11.4 Å². The molecule has 31 heavy (non-hydrogen) atoms. The number of rotatable bonds is 2. The van der Waals surface area contributed by atoms with Gasteiger partial charge in [0.05, 0.1) is 21.6 Å². The standard InChI is InChI=1S/C23H22N6OS/c1-14-12-29(18-13-31-19-6-5-9-25-23(18)19)15(2)11-28(14)17-10-21(30)27(4)16-7-8-20(24-3)26-22(16)17/h5-10,13-15H,11-12H2,1-2,4H3/t14-,15+/m0/s1. The lowest BCUT2D eigenvalue weighted by atomic mass is 10.1. The molecule has 0 saturated carbocycles. The summed E-state index contributed by atoms with van der Waals surface area (Å²) in [6, 6.07) is 9.59. The molecule has 0 amide bonds. The van der Waals surface area contributed by atoms with Gasteiger partial charge in [-0.15, -0.1) is 16.3 Å². The molecule has 156 valence electrons. The maximum absolute atomic E-state index is 12.7. The van der Waals surface area contributed by atoms with E-state index in [9.17, 15) is 4.79 Å². The fourth-order valence-electron chi connectivity index (χ4n) is 4.44. The molecule has 7 nitrogen and oxygen atoms in total. The molecule has 1 saturated heterocycles. The molecule has 1 aliphatic rings. The van der Waals surface area contributed by atoms with Crippen molar-refractivity contribution in [3.63, 3.8) is 0 Å². The first kappa shape index (κ1) is 19.5. The van der Waals surface area contributed by atoms with Gasteiger partial charge in [0.1, 0.15) is 5.52 Å². The van der Waals surface area contributed by atoms with E-state index in [2.05, 4.69) is 49.9 Å². The molecule has 5 rings (SSSR count). The van der Waals surface area contributed by atoms with Crippen molar-refractivity contribution >= 4 is 49.8 Å². The monoisotopic (exact) mass is 430 g/mol. The molecule has 5 heterocycles. The SMILES string of the molecule is [C-]#[N+]c1ccc2c(n1)c(N1C[C@@H](C)N(c3csc4cccnc34)C[C@@H]1C)cc(=O)n2C. The van der Waals surface area contributed by atoms with Gasteiger partial charge in [-0.3, -0.25) is 9.78 Å². The lowest BCUT2D eigenvalue weighted by molar-refractivity contribution is 0.482. The summed E-state index contributed by atoms with van der Waals surface area (Å²) in [5, 5.41) is 2.19. The summed E-state index contributed by atoms with van der Waals surface area (Å²) in [7, 11) is 1.74. The van der Waals surface area contributed by atoms with Crippen LogP contribution in [0.2, 0.25) is 0 Å². The fraction of sp³-hybridized carbons (Fsp3) is 0.304. The maximum atomic E-state index is 12.7. The Morgan fingerprint density at radius 3 is 2.58 bits per heavy atom. The zero-order valence-electron chi connectivity index (χ0n) is 17.6. The Bertz CT molecular complexity index is 1400. The smallest absolute Gasteiger partial charge is 0.270 e. The second-order valence-electron chi connectivity index (χ2n) is 8.05. The number of hydrogen-bond donors (Lipinski definition) is 0. The van der Waals surface area contributed by atoms with Gasteiger partial charge in [-0.2, -0.15) is 0 Å². The number of aromatic nitrogens is 3. The first-order valence-corrected chi connectivity index (χ1v) is 11.1. The van der Waals surface area contributed by atoms with Crippen LogP contribution < -0.4 is 15.4 Å². The largest absolute Gasteiger partial charge is 0.363 e. The molecule has 0 bridgehead atoms. The van der Waals surface area contributed by atoms with Crippen molar-refractivity contribution in [3.05, 3.63) is 63.7 Å². The first-order chi connectivity index (χ1) is 15.0. The highest BCUT2D eigenvalue weighted by Crippen LogP contribution is 2.36. The fourth-order valence-corrected chi connectivity index (χ4v) is 5.35. The number of thiophene rings is 1. The van der Waals surface area contributed by atoms with Gasteiger partial charge >= 0.3 is 0 Å². The number of anilines is 2. The van der Waals surface area contributed by atoms with E-state index in [4.69, 9.17) is 6.57 Å². The molecule has 0 unspecified atom stereocenters. The van der Waals surface area contributed by atoms with Gasteiger partial charge in [-0.05, 0) is 38.1 Å². The third-order valence-electron chi connectivity index (χ3n) is 6.08. The van der Waals surface area contributed by atoms with E-state index in [1.807, 2.05) is 18.3 Å². The highest BCUT2D eigenvalue weighted by molar-refractivity contribution is 7.17. The van der Waals surface area contributed by atoms with E-state index in [0.29, 0.717) is 11.3 Å². The van der Waals surface area contributed by atoms with Crippen molar-refractivity contribution in [2.75, 3.05) is 22.9 Å². The van der Waals surface area contributed by atoms with Crippen LogP contribution in [0.4, 0.5) is 17.2 Å². The Morgan fingerprint density at radius 2 is 1.84 bits per heavy atom. The summed E-state index contributed by atoms with van der Waals surface area (Å²) in [6.45, 7) is 13.3. The van der Waals surface area contributed by atoms with Gasteiger partial charge in [0.15, 0.2) is 0 Å². The van der Waals surface area contributed by atoms with Crippen LogP contribution in [0.15, 0.2) is 46.7 Å². The lowest BCUT2D eigenvalue weighted by Crippen LogP contribution is -2.57. The van der Waals surface area contributed by atoms with Crippen molar-refractivity contribution in [2.24, 2.45) is 7.05 Å². The van der Waals surface area contributed by atoms with E-state index >= 15 is 0 Å².